The number of nitrogens with zero attached hydrogens (tertiary/aromatic N) is 1. The molecule has 3 aromatic rings. The molecule has 1 amide bonds. The van der Waals surface area contributed by atoms with E-state index in [-0.39, 0.29) is 53.9 Å². The molecular formula is C26H25NO9. The number of fused-ring (bicyclic) bond motifs is 1. The highest BCUT2D eigenvalue weighted by Gasteiger charge is 2.27. The van der Waals surface area contributed by atoms with E-state index in [4.69, 9.17) is 18.3 Å². The molecule has 188 valence electrons. The summed E-state index contributed by atoms with van der Waals surface area (Å²) in [5.74, 6) is -0.485. The second-order valence-electron chi connectivity index (χ2n) is 8.23. The third-order valence-electron chi connectivity index (χ3n) is 5.66. The monoisotopic (exact) mass is 495 g/mol. The average Bonchev–Trinajstić information content (AvgIpc) is 3.39. The average molecular weight is 495 g/mol. The van der Waals surface area contributed by atoms with Gasteiger partial charge in [0.25, 0.3) is 5.91 Å². The second-order valence-corrected chi connectivity index (χ2v) is 8.23. The predicted octanol–water partition coefficient (Wildman–Crippen LogP) is 4.29. The first-order chi connectivity index (χ1) is 17.2. The minimum absolute atomic E-state index is 0.00278. The van der Waals surface area contributed by atoms with E-state index in [1.54, 1.807) is 24.3 Å². The number of amides is 1. The van der Waals surface area contributed by atoms with E-state index in [0.29, 0.717) is 29.2 Å². The summed E-state index contributed by atoms with van der Waals surface area (Å²) in [6, 6.07) is 8.06. The van der Waals surface area contributed by atoms with Crippen LogP contribution in [0.25, 0.3) is 6.08 Å². The molecule has 0 atom stereocenters. The molecule has 0 saturated carbocycles. The van der Waals surface area contributed by atoms with E-state index >= 15 is 0 Å². The predicted molar refractivity (Wildman–Crippen MR) is 126 cm³/mol. The molecule has 2 aromatic heterocycles. The van der Waals surface area contributed by atoms with Crippen LogP contribution in [0.5, 0.6) is 11.5 Å². The van der Waals surface area contributed by atoms with Gasteiger partial charge in [-0.05, 0) is 57.2 Å². The molecule has 0 aliphatic carbocycles. The van der Waals surface area contributed by atoms with Crippen molar-refractivity contribution in [3.05, 3.63) is 75.6 Å². The lowest BCUT2D eigenvalue weighted by Gasteiger charge is -2.25. The van der Waals surface area contributed by atoms with Gasteiger partial charge in [-0.2, -0.15) is 0 Å². The molecular weight excluding hydrogens is 470 g/mol. The maximum Gasteiger partial charge on any atom is 0.339 e. The molecule has 10 nitrogen and oxygen atoms in total. The summed E-state index contributed by atoms with van der Waals surface area (Å²) in [7, 11) is 0. The lowest BCUT2D eigenvalue weighted by atomic mass is 10.1. The Balaban J connectivity index is 1.67. The van der Waals surface area contributed by atoms with Gasteiger partial charge in [-0.15, -0.1) is 0 Å². The highest BCUT2D eigenvalue weighted by Crippen LogP contribution is 2.31. The van der Waals surface area contributed by atoms with Gasteiger partial charge in [-0.3, -0.25) is 4.79 Å². The SMILES string of the molecule is CCOc1ccc2c(c1)C=C(C(=O)N(Cc1cc(C(=O)O)c(C)o1)Cc1cc(C(=O)O)c(C)o1)CO2. The Morgan fingerprint density at radius 1 is 0.944 bits per heavy atom. The van der Waals surface area contributed by atoms with Gasteiger partial charge in [-0.1, -0.05) is 0 Å². The molecule has 1 aromatic carbocycles. The Kier molecular flexibility index (Phi) is 6.86. The van der Waals surface area contributed by atoms with Crippen LogP contribution >= 0.6 is 0 Å². The first-order valence-electron chi connectivity index (χ1n) is 11.2. The summed E-state index contributed by atoms with van der Waals surface area (Å²) in [6.07, 6.45) is 1.71. The van der Waals surface area contributed by atoms with E-state index in [1.165, 1.54) is 30.9 Å². The van der Waals surface area contributed by atoms with Crippen molar-refractivity contribution >= 4 is 23.9 Å². The molecule has 0 radical (unpaired) electrons. The standard InChI is InChI=1S/C26H25NO9/c1-4-33-18-5-6-23-16(8-18)7-17(13-34-23)24(28)27(11-19-9-21(25(29)30)14(2)35-19)12-20-10-22(26(31)32)15(3)36-20/h5-10H,4,11-13H2,1-3H3,(H,29,30)(H,31,32). The molecule has 4 rings (SSSR count). The van der Waals surface area contributed by atoms with Gasteiger partial charge < -0.3 is 33.4 Å². The van der Waals surface area contributed by atoms with Gasteiger partial charge in [-0.25, -0.2) is 9.59 Å². The first kappa shape index (κ1) is 24.6. The Morgan fingerprint density at radius 3 is 2.03 bits per heavy atom. The van der Waals surface area contributed by atoms with Crippen molar-refractivity contribution in [1.29, 1.82) is 0 Å². The third-order valence-corrected chi connectivity index (χ3v) is 5.66. The number of ether oxygens (including phenoxy) is 2. The Bertz CT molecular complexity index is 1300. The molecule has 0 spiro atoms. The van der Waals surface area contributed by atoms with Crippen LogP contribution in [0, 0.1) is 13.8 Å². The van der Waals surface area contributed by atoms with Crippen LogP contribution in [0.4, 0.5) is 0 Å². The highest BCUT2D eigenvalue weighted by atomic mass is 16.5. The minimum Gasteiger partial charge on any atom is -0.494 e. The van der Waals surface area contributed by atoms with Crippen molar-refractivity contribution in [3.8, 4) is 11.5 Å². The maximum absolute atomic E-state index is 13.6. The van der Waals surface area contributed by atoms with Crippen LogP contribution in [0.2, 0.25) is 0 Å². The summed E-state index contributed by atoms with van der Waals surface area (Å²) < 4.78 is 22.5. The smallest absolute Gasteiger partial charge is 0.339 e. The fourth-order valence-corrected chi connectivity index (χ4v) is 3.98. The zero-order chi connectivity index (χ0) is 26.0. The van der Waals surface area contributed by atoms with E-state index < -0.39 is 17.8 Å². The molecule has 10 heteroatoms. The fourth-order valence-electron chi connectivity index (χ4n) is 3.98. The molecule has 3 heterocycles. The molecule has 0 fully saturated rings. The van der Waals surface area contributed by atoms with E-state index in [1.807, 2.05) is 6.92 Å². The highest BCUT2D eigenvalue weighted by molar-refractivity contribution is 5.99. The molecule has 0 saturated heterocycles. The molecule has 1 aliphatic rings. The van der Waals surface area contributed by atoms with Gasteiger partial charge >= 0.3 is 11.9 Å². The third kappa shape index (κ3) is 5.12. The van der Waals surface area contributed by atoms with E-state index in [9.17, 15) is 24.6 Å². The van der Waals surface area contributed by atoms with Gasteiger partial charge in [0.05, 0.1) is 25.3 Å². The first-order valence-corrected chi connectivity index (χ1v) is 11.2. The zero-order valence-corrected chi connectivity index (χ0v) is 20.0. The number of aryl methyl sites for hydroxylation is 2. The van der Waals surface area contributed by atoms with Crippen LogP contribution in [0.3, 0.4) is 0 Å². The van der Waals surface area contributed by atoms with Gasteiger partial charge in [0.2, 0.25) is 0 Å². The number of hydrogen-bond donors (Lipinski definition) is 2. The number of benzene rings is 1. The van der Waals surface area contributed by atoms with E-state index in [0.717, 1.165) is 0 Å². The lowest BCUT2D eigenvalue weighted by Crippen LogP contribution is -2.33. The van der Waals surface area contributed by atoms with Crippen LogP contribution in [0.1, 0.15) is 56.2 Å². The Labute approximate surface area is 206 Å². The van der Waals surface area contributed by atoms with E-state index in [2.05, 4.69) is 0 Å². The maximum atomic E-state index is 13.6. The number of hydrogen-bond acceptors (Lipinski definition) is 7. The van der Waals surface area contributed by atoms with Crippen LogP contribution in [-0.4, -0.2) is 46.2 Å². The number of carboxylic acids is 2. The summed E-state index contributed by atoms with van der Waals surface area (Å²) >= 11 is 0. The van der Waals surface area contributed by atoms with Gasteiger partial charge in [0.15, 0.2) is 0 Å². The van der Waals surface area contributed by atoms with Gasteiger partial charge in [0, 0.05) is 5.56 Å². The molecule has 36 heavy (non-hydrogen) atoms. The number of carbonyl (C=O) groups is 3. The number of carbonyl (C=O) groups excluding carboxylic acids is 1. The van der Waals surface area contributed by atoms with Crippen molar-refractivity contribution < 1.29 is 42.9 Å². The van der Waals surface area contributed by atoms with Crippen molar-refractivity contribution in [2.45, 2.75) is 33.9 Å². The molecule has 0 unspecified atom stereocenters. The minimum atomic E-state index is -1.14. The lowest BCUT2D eigenvalue weighted by molar-refractivity contribution is -0.129. The van der Waals surface area contributed by atoms with Crippen molar-refractivity contribution in [2.75, 3.05) is 13.2 Å². The second kappa shape index (κ2) is 10.0. The summed E-state index contributed by atoms with van der Waals surface area (Å²) in [5.41, 5.74) is 1.02. The summed E-state index contributed by atoms with van der Waals surface area (Å²) in [5, 5.41) is 18.7. The Morgan fingerprint density at radius 2 is 1.53 bits per heavy atom. The number of carboxylic acid groups (broad SMARTS) is 2. The number of furan rings is 2. The molecule has 0 bridgehead atoms. The largest absolute Gasteiger partial charge is 0.494 e. The zero-order valence-electron chi connectivity index (χ0n) is 20.0. The van der Waals surface area contributed by atoms with Crippen molar-refractivity contribution in [1.82, 2.24) is 4.90 Å². The van der Waals surface area contributed by atoms with Crippen molar-refractivity contribution in [3.63, 3.8) is 0 Å². The van der Waals surface area contributed by atoms with Crippen LogP contribution in [0.15, 0.2) is 44.7 Å². The number of rotatable bonds is 9. The topological polar surface area (TPSA) is 140 Å². The van der Waals surface area contributed by atoms with Crippen LogP contribution in [-0.2, 0) is 17.9 Å². The van der Waals surface area contributed by atoms with Gasteiger partial charge in [0.1, 0.15) is 52.3 Å². The molecule has 1 aliphatic heterocycles. The molecule has 2 N–H and O–H groups in total. The van der Waals surface area contributed by atoms with Crippen molar-refractivity contribution in [2.24, 2.45) is 0 Å². The number of aromatic carboxylic acids is 2. The summed E-state index contributed by atoms with van der Waals surface area (Å²) in [6.45, 7) is 5.29. The fraction of sp³-hybridized carbons (Fsp3) is 0.269. The summed E-state index contributed by atoms with van der Waals surface area (Å²) in [4.78, 5) is 37.9. The normalized spacial score (nSPS) is 12.4. The van der Waals surface area contributed by atoms with Crippen LogP contribution < -0.4 is 9.47 Å². The Hall–Kier alpha value is -4.47. The quantitative estimate of drug-likeness (QED) is 0.445.